The first kappa shape index (κ1) is 11.9. The summed E-state index contributed by atoms with van der Waals surface area (Å²) in [5.74, 6) is 0.566. The summed E-state index contributed by atoms with van der Waals surface area (Å²) in [5.41, 5.74) is 1.46. The normalized spacial score (nSPS) is 17.7. The standard InChI is InChI=1S/C15H19NO/c1-4-14(17)16-10-15(11-16,12(2)3)13-8-6-5-7-9-13/h4-9,12H,1,10-11H2,2-3H3. The van der Waals surface area contributed by atoms with E-state index in [4.69, 9.17) is 0 Å². The van der Waals surface area contributed by atoms with Gasteiger partial charge in [-0.05, 0) is 17.6 Å². The highest BCUT2D eigenvalue weighted by Gasteiger charge is 2.47. The Morgan fingerprint density at radius 2 is 1.94 bits per heavy atom. The predicted molar refractivity (Wildman–Crippen MR) is 69.7 cm³/mol. The average molecular weight is 229 g/mol. The molecule has 90 valence electrons. The maximum atomic E-state index is 11.5. The van der Waals surface area contributed by atoms with E-state index in [2.05, 4.69) is 44.7 Å². The number of benzene rings is 1. The fourth-order valence-electron chi connectivity index (χ4n) is 2.57. The van der Waals surface area contributed by atoms with Gasteiger partial charge >= 0.3 is 0 Å². The van der Waals surface area contributed by atoms with Crippen molar-refractivity contribution in [2.45, 2.75) is 19.3 Å². The van der Waals surface area contributed by atoms with Crippen molar-refractivity contribution in [3.63, 3.8) is 0 Å². The van der Waals surface area contributed by atoms with Gasteiger partial charge in [-0.2, -0.15) is 0 Å². The topological polar surface area (TPSA) is 20.3 Å². The third kappa shape index (κ3) is 1.88. The molecule has 1 aliphatic heterocycles. The molecule has 0 aromatic heterocycles. The number of likely N-dealkylation sites (tertiary alicyclic amines) is 1. The summed E-state index contributed by atoms with van der Waals surface area (Å²) in [6.07, 6.45) is 1.40. The molecule has 2 heteroatoms. The van der Waals surface area contributed by atoms with E-state index in [1.54, 1.807) is 0 Å². The van der Waals surface area contributed by atoms with Gasteiger partial charge in [-0.15, -0.1) is 0 Å². The van der Waals surface area contributed by atoms with Crippen LogP contribution in [0.1, 0.15) is 19.4 Å². The van der Waals surface area contributed by atoms with Crippen molar-refractivity contribution in [3.8, 4) is 0 Å². The maximum Gasteiger partial charge on any atom is 0.246 e. The SMILES string of the molecule is C=CC(=O)N1CC(c2ccccc2)(C(C)C)C1. The van der Waals surface area contributed by atoms with E-state index in [9.17, 15) is 4.79 Å². The highest BCUT2D eigenvalue weighted by molar-refractivity contribution is 5.88. The second-order valence-corrected chi connectivity index (χ2v) is 5.08. The average Bonchev–Trinajstić information content (AvgIpc) is 2.28. The highest BCUT2D eigenvalue weighted by atomic mass is 16.2. The highest BCUT2D eigenvalue weighted by Crippen LogP contribution is 2.40. The van der Waals surface area contributed by atoms with E-state index < -0.39 is 0 Å². The molecular formula is C15H19NO. The predicted octanol–water partition coefficient (Wildman–Crippen LogP) is 2.61. The summed E-state index contributed by atoms with van der Waals surface area (Å²) in [7, 11) is 0. The van der Waals surface area contributed by atoms with Crippen LogP contribution in [-0.2, 0) is 10.2 Å². The van der Waals surface area contributed by atoms with Gasteiger partial charge in [0, 0.05) is 18.5 Å². The molecule has 1 aromatic carbocycles. The Bertz CT molecular complexity index is 416. The van der Waals surface area contributed by atoms with Crippen LogP contribution in [0.2, 0.25) is 0 Å². The quantitative estimate of drug-likeness (QED) is 0.730. The summed E-state index contributed by atoms with van der Waals surface area (Å²) >= 11 is 0. The molecule has 1 saturated heterocycles. The summed E-state index contributed by atoms with van der Waals surface area (Å²) in [4.78, 5) is 13.4. The molecule has 2 rings (SSSR count). The van der Waals surface area contributed by atoms with Crippen LogP contribution < -0.4 is 0 Å². The van der Waals surface area contributed by atoms with E-state index in [-0.39, 0.29) is 11.3 Å². The van der Waals surface area contributed by atoms with E-state index >= 15 is 0 Å². The minimum Gasteiger partial charge on any atom is -0.337 e. The Labute approximate surface area is 103 Å². The Balaban J connectivity index is 2.22. The minimum atomic E-state index is 0.0391. The lowest BCUT2D eigenvalue weighted by Crippen LogP contribution is -2.63. The molecule has 0 spiro atoms. The van der Waals surface area contributed by atoms with Crippen molar-refractivity contribution in [1.82, 2.24) is 4.90 Å². The lowest BCUT2D eigenvalue weighted by Gasteiger charge is -2.53. The zero-order valence-electron chi connectivity index (χ0n) is 10.5. The number of rotatable bonds is 3. The first-order valence-corrected chi connectivity index (χ1v) is 6.07. The summed E-state index contributed by atoms with van der Waals surface area (Å²) in [6.45, 7) is 9.60. The fourth-order valence-corrected chi connectivity index (χ4v) is 2.57. The monoisotopic (exact) mass is 229 g/mol. The molecule has 0 atom stereocenters. The van der Waals surface area contributed by atoms with Crippen LogP contribution in [0.5, 0.6) is 0 Å². The zero-order chi connectivity index (χ0) is 12.5. The molecule has 2 nitrogen and oxygen atoms in total. The fraction of sp³-hybridized carbons (Fsp3) is 0.400. The lowest BCUT2D eigenvalue weighted by atomic mass is 9.66. The van der Waals surface area contributed by atoms with Crippen LogP contribution >= 0.6 is 0 Å². The van der Waals surface area contributed by atoms with Gasteiger partial charge in [0.05, 0.1) is 0 Å². The number of carbonyl (C=O) groups is 1. The van der Waals surface area contributed by atoms with Gasteiger partial charge in [-0.1, -0.05) is 50.8 Å². The van der Waals surface area contributed by atoms with Gasteiger partial charge in [-0.3, -0.25) is 4.79 Å². The first-order valence-electron chi connectivity index (χ1n) is 6.07. The van der Waals surface area contributed by atoms with Gasteiger partial charge in [-0.25, -0.2) is 0 Å². The molecule has 1 heterocycles. The van der Waals surface area contributed by atoms with Crippen LogP contribution in [0, 0.1) is 5.92 Å². The van der Waals surface area contributed by atoms with Crippen LogP contribution in [0.4, 0.5) is 0 Å². The Kier molecular flexibility index (Phi) is 3.05. The van der Waals surface area contributed by atoms with Crippen molar-refractivity contribution in [2.75, 3.05) is 13.1 Å². The number of nitrogens with zero attached hydrogens (tertiary/aromatic N) is 1. The molecule has 0 radical (unpaired) electrons. The van der Waals surface area contributed by atoms with Crippen LogP contribution in [0.3, 0.4) is 0 Å². The Hall–Kier alpha value is -1.57. The molecule has 0 unspecified atom stereocenters. The smallest absolute Gasteiger partial charge is 0.246 e. The number of amides is 1. The maximum absolute atomic E-state index is 11.5. The van der Waals surface area contributed by atoms with Crippen molar-refractivity contribution in [3.05, 3.63) is 48.6 Å². The van der Waals surface area contributed by atoms with Gasteiger partial charge in [0.1, 0.15) is 0 Å². The Morgan fingerprint density at radius 1 is 1.35 bits per heavy atom. The second kappa shape index (κ2) is 4.36. The summed E-state index contributed by atoms with van der Waals surface area (Å²) in [5, 5.41) is 0. The third-order valence-electron chi connectivity index (χ3n) is 3.89. The summed E-state index contributed by atoms with van der Waals surface area (Å²) < 4.78 is 0. The molecule has 1 aliphatic rings. The van der Waals surface area contributed by atoms with Gasteiger partial charge in [0.25, 0.3) is 0 Å². The largest absolute Gasteiger partial charge is 0.337 e. The molecule has 0 aliphatic carbocycles. The molecule has 17 heavy (non-hydrogen) atoms. The van der Waals surface area contributed by atoms with E-state index in [1.807, 2.05) is 11.0 Å². The molecule has 1 amide bonds. The number of hydrogen-bond donors (Lipinski definition) is 0. The minimum absolute atomic E-state index is 0.0391. The van der Waals surface area contributed by atoms with Crippen molar-refractivity contribution >= 4 is 5.91 Å². The Morgan fingerprint density at radius 3 is 2.41 bits per heavy atom. The van der Waals surface area contributed by atoms with Crippen LogP contribution in [-0.4, -0.2) is 23.9 Å². The second-order valence-electron chi connectivity index (χ2n) is 5.08. The number of hydrogen-bond acceptors (Lipinski definition) is 1. The van der Waals surface area contributed by atoms with Gasteiger partial charge in [0.2, 0.25) is 5.91 Å². The van der Waals surface area contributed by atoms with Gasteiger partial charge in [0.15, 0.2) is 0 Å². The van der Waals surface area contributed by atoms with E-state index in [1.165, 1.54) is 11.6 Å². The first-order chi connectivity index (χ1) is 8.10. The molecule has 0 N–H and O–H groups in total. The van der Waals surface area contributed by atoms with E-state index in [0.717, 1.165) is 13.1 Å². The number of carbonyl (C=O) groups excluding carboxylic acids is 1. The zero-order valence-corrected chi connectivity index (χ0v) is 10.5. The molecular weight excluding hydrogens is 210 g/mol. The van der Waals surface area contributed by atoms with Crippen molar-refractivity contribution < 1.29 is 4.79 Å². The summed E-state index contributed by atoms with van der Waals surface area (Å²) in [6, 6.07) is 10.5. The lowest BCUT2D eigenvalue weighted by molar-refractivity contribution is -0.135. The van der Waals surface area contributed by atoms with Crippen molar-refractivity contribution in [1.29, 1.82) is 0 Å². The van der Waals surface area contributed by atoms with Crippen LogP contribution in [0.25, 0.3) is 0 Å². The third-order valence-corrected chi connectivity index (χ3v) is 3.89. The molecule has 0 bridgehead atoms. The van der Waals surface area contributed by atoms with Gasteiger partial charge < -0.3 is 4.90 Å². The van der Waals surface area contributed by atoms with Crippen LogP contribution in [0.15, 0.2) is 43.0 Å². The molecule has 1 aromatic rings. The molecule has 0 saturated carbocycles. The molecule has 1 fully saturated rings. The van der Waals surface area contributed by atoms with Crippen molar-refractivity contribution in [2.24, 2.45) is 5.92 Å². The van der Waals surface area contributed by atoms with E-state index in [0.29, 0.717) is 5.92 Å².